The Morgan fingerprint density at radius 1 is 1.20 bits per heavy atom. The van der Waals surface area contributed by atoms with Crippen molar-refractivity contribution in [2.75, 3.05) is 19.8 Å². The van der Waals surface area contributed by atoms with Gasteiger partial charge < -0.3 is 14.9 Å². The average Bonchev–Trinajstić information content (AvgIpc) is 2.22. The highest BCUT2D eigenvalue weighted by Crippen LogP contribution is 2.08. The maximum Gasteiger partial charge on any atom is 0.161 e. The lowest BCUT2D eigenvalue weighted by molar-refractivity contribution is -0.0120. The van der Waals surface area contributed by atoms with Gasteiger partial charge in [-0.25, -0.2) is 0 Å². The minimum Gasteiger partial charge on any atom is -0.424 e. The molecule has 0 aliphatic rings. The number of nitrogens with two attached hydrogens (primary N) is 1. The van der Waals surface area contributed by atoms with Gasteiger partial charge in [0, 0.05) is 19.8 Å². The number of rotatable bonds is 10. The topological polar surface area (TPSA) is 44.5 Å². The molecule has 3 nitrogen and oxygen atoms in total. The first kappa shape index (κ1) is 15.1. The van der Waals surface area contributed by atoms with Gasteiger partial charge in [0.25, 0.3) is 0 Å². The molecular formula is C11H27NO2Si. The Labute approximate surface area is 96.7 Å². The zero-order chi connectivity index (χ0) is 11.6. The molecule has 0 aliphatic heterocycles. The molecule has 0 aromatic rings. The predicted octanol–water partition coefficient (Wildman–Crippen LogP) is 1.45. The monoisotopic (exact) mass is 233 g/mol. The molecular weight excluding hydrogens is 206 g/mol. The van der Waals surface area contributed by atoms with E-state index in [1.165, 1.54) is 18.9 Å². The van der Waals surface area contributed by atoms with Crippen LogP contribution in [0.4, 0.5) is 0 Å². The number of unbranched alkanes of at least 4 members (excludes halogenated alkanes) is 2. The van der Waals surface area contributed by atoms with Crippen molar-refractivity contribution in [1.82, 2.24) is 0 Å². The molecule has 0 aromatic carbocycles. The number of ether oxygens (including phenoxy) is 1. The lowest BCUT2D eigenvalue weighted by Crippen LogP contribution is -2.34. The van der Waals surface area contributed by atoms with Crippen molar-refractivity contribution in [3.05, 3.63) is 0 Å². The van der Waals surface area contributed by atoms with E-state index in [-0.39, 0.29) is 15.4 Å². The molecule has 0 unspecified atom stereocenters. The maximum absolute atomic E-state index is 5.66. The normalized spacial score (nSPS) is 12.8. The predicted molar refractivity (Wildman–Crippen MR) is 67.9 cm³/mol. The fraction of sp³-hybridized carbons (Fsp3) is 1.00. The van der Waals surface area contributed by atoms with Crippen molar-refractivity contribution in [1.29, 1.82) is 0 Å². The summed E-state index contributed by atoms with van der Waals surface area (Å²) in [6, 6.07) is 1.30. The van der Waals surface area contributed by atoms with Crippen LogP contribution in [0.25, 0.3) is 0 Å². The van der Waals surface area contributed by atoms with Crippen molar-refractivity contribution in [2.24, 2.45) is 5.73 Å². The van der Waals surface area contributed by atoms with Gasteiger partial charge >= 0.3 is 0 Å². The second-order valence-electron chi connectivity index (χ2n) is 4.42. The van der Waals surface area contributed by atoms with E-state index in [0.29, 0.717) is 6.54 Å². The summed E-state index contributed by atoms with van der Waals surface area (Å²) in [5.74, 6) is 0. The highest BCUT2D eigenvalue weighted by atomic mass is 28.2. The van der Waals surface area contributed by atoms with Gasteiger partial charge in [-0.15, -0.1) is 0 Å². The van der Waals surface area contributed by atoms with Crippen LogP contribution in [0.15, 0.2) is 0 Å². The lowest BCUT2D eigenvalue weighted by Gasteiger charge is -2.23. The van der Waals surface area contributed by atoms with Crippen LogP contribution >= 0.6 is 0 Å². The molecule has 0 saturated carbocycles. The molecule has 0 rings (SSSR count). The molecule has 0 saturated heterocycles. The minimum atomic E-state index is -0.216. The van der Waals surface area contributed by atoms with E-state index in [4.69, 9.17) is 14.9 Å². The van der Waals surface area contributed by atoms with E-state index >= 15 is 0 Å². The van der Waals surface area contributed by atoms with Gasteiger partial charge in [-0.05, 0) is 33.2 Å². The number of hydrogen-bond acceptors (Lipinski definition) is 3. The molecule has 0 spiro atoms. The fourth-order valence-electron chi connectivity index (χ4n) is 1.21. The van der Waals surface area contributed by atoms with Crippen molar-refractivity contribution in [3.63, 3.8) is 0 Å². The Kier molecular flexibility index (Phi) is 9.39. The van der Waals surface area contributed by atoms with Gasteiger partial charge in [-0.1, -0.05) is 12.8 Å². The molecule has 4 heteroatoms. The summed E-state index contributed by atoms with van der Waals surface area (Å²) in [7, 11) is -0.216. The van der Waals surface area contributed by atoms with E-state index in [9.17, 15) is 0 Å². The number of hydrogen-bond donors (Lipinski definition) is 1. The van der Waals surface area contributed by atoms with Gasteiger partial charge in [-0.3, -0.25) is 0 Å². The molecule has 0 aromatic heterocycles. The van der Waals surface area contributed by atoms with Crippen LogP contribution in [0.3, 0.4) is 0 Å². The molecule has 0 fully saturated rings. The molecule has 92 valence electrons. The SMILES string of the molecule is CCO[SiH2]CCCCCOC(C)(C)CN. The van der Waals surface area contributed by atoms with E-state index in [1.54, 1.807) is 0 Å². The first-order chi connectivity index (χ1) is 7.12. The molecule has 0 heterocycles. The summed E-state index contributed by atoms with van der Waals surface area (Å²) in [6.45, 7) is 8.45. The average molecular weight is 233 g/mol. The zero-order valence-corrected chi connectivity index (χ0v) is 12.0. The van der Waals surface area contributed by atoms with Crippen molar-refractivity contribution in [3.8, 4) is 0 Å². The quantitative estimate of drug-likeness (QED) is 0.459. The van der Waals surface area contributed by atoms with Crippen molar-refractivity contribution < 1.29 is 9.16 Å². The van der Waals surface area contributed by atoms with Crippen LogP contribution < -0.4 is 5.73 Å². The molecule has 0 bridgehead atoms. The Hall–Kier alpha value is 0.0969. The fourth-order valence-corrected chi connectivity index (χ4v) is 2.26. The lowest BCUT2D eigenvalue weighted by atomic mass is 10.1. The van der Waals surface area contributed by atoms with Crippen LogP contribution in [0, 0.1) is 0 Å². The van der Waals surface area contributed by atoms with Crippen LogP contribution in [-0.2, 0) is 9.16 Å². The molecule has 0 amide bonds. The molecule has 0 radical (unpaired) electrons. The summed E-state index contributed by atoms with van der Waals surface area (Å²) >= 11 is 0. The molecule has 0 aliphatic carbocycles. The van der Waals surface area contributed by atoms with Crippen LogP contribution in [0.5, 0.6) is 0 Å². The summed E-state index contributed by atoms with van der Waals surface area (Å²) in [5.41, 5.74) is 5.41. The van der Waals surface area contributed by atoms with E-state index in [2.05, 4.69) is 6.92 Å². The van der Waals surface area contributed by atoms with E-state index in [0.717, 1.165) is 19.6 Å². The van der Waals surface area contributed by atoms with Gasteiger partial charge in [0.1, 0.15) is 0 Å². The second kappa shape index (κ2) is 9.33. The second-order valence-corrected chi connectivity index (χ2v) is 5.95. The largest absolute Gasteiger partial charge is 0.424 e. The minimum absolute atomic E-state index is 0.153. The van der Waals surface area contributed by atoms with E-state index in [1.807, 2.05) is 13.8 Å². The Balaban J connectivity index is 3.11. The highest BCUT2D eigenvalue weighted by Gasteiger charge is 2.14. The van der Waals surface area contributed by atoms with E-state index < -0.39 is 0 Å². The molecule has 2 N–H and O–H groups in total. The van der Waals surface area contributed by atoms with Crippen LogP contribution in [-0.4, -0.2) is 35.1 Å². The summed E-state index contributed by atoms with van der Waals surface area (Å²) in [6.07, 6.45) is 3.68. The zero-order valence-electron chi connectivity index (χ0n) is 10.6. The first-order valence-electron chi connectivity index (χ1n) is 6.04. The third-order valence-corrected chi connectivity index (χ3v) is 3.86. The molecule has 15 heavy (non-hydrogen) atoms. The Morgan fingerprint density at radius 2 is 1.93 bits per heavy atom. The summed E-state index contributed by atoms with van der Waals surface area (Å²) in [4.78, 5) is 0. The summed E-state index contributed by atoms with van der Waals surface area (Å²) < 4.78 is 11.1. The van der Waals surface area contributed by atoms with Crippen LogP contribution in [0.2, 0.25) is 6.04 Å². The third-order valence-electron chi connectivity index (χ3n) is 2.37. The molecule has 0 atom stereocenters. The maximum atomic E-state index is 5.66. The smallest absolute Gasteiger partial charge is 0.161 e. The standard InChI is InChI=1S/C11H27NO2Si/c1-4-14-15-9-7-5-6-8-13-11(2,3)10-12/h4-10,12,15H2,1-3H3. The van der Waals surface area contributed by atoms with Crippen LogP contribution in [0.1, 0.15) is 40.0 Å². The van der Waals surface area contributed by atoms with Gasteiger partial charge in [0.05, 0.1) is 5.60 Å². The van der Waals surface area contributed by atoms with Crippen molar-refractivity contribution in [2.45, 2.75) is 51.7 Å². The third kappa shape index (κ3) is 10.4. The van der Waals surface area contributed by atoms with Crippen molar-refractivity contribution >= 4 is 9.76 Å². The van der Waals surface area contributed by atoms with Gasteiger partial charge in [0.2, 0.25) is 0 Å². The summed E-state index contributed by atoms with van der Waals surface area (Å²) in [5, 5.41) is 0. The highest BCUT2D eigenvalue weighted by molar-refractivity contribution is 6.26. The van der Waals surface area contributed by atoms with Gasteiger partial charge in [-0.2, -0.15) is 0 Å². The Morgan fingerprint density at radius 3 is 2.53 bits per heavy atom. The Bertz CT molecular complexity index is 143. The van der Waals surface area contributed by atoms with Gasteiger partial charge in [0.15, 0.2) is 9.76 Å². The first-order valence-corrected chi connectivity index (χ1v) is 7.62.